The molecule has 0 spiro atoms. The lowest BCUT2D eigenvalue weighted by atomic mass is 9.79. The molecule has 8 nitrogen and oxygen atoms in total. The second kappa shape index (κ2) is 10.00. The second-order valence-corrected chi connectivity index (χ2v) is 9.82. The molecule has 1 aromatic rings. The lowest BCUT2D eigenvalue weighted by molar-refractivity contribution is 0.00578. The van der Waals surface area contributed by atoms with Crippen LogP contribution in [-0.2, 0) is 14.0 Å². The fraction of sp³-hybridized carbons (Fsp3) is 0.682. The number of unbranched alkanes of at least 4 members (excludes halogenated alkanes) is 2. The highest BCUT2D eigenvalue weighted by molar-refractivity contribution is 6.62. The van der Waals surface area contributed by atoms with Gasteiger partial charge in [0.15, 0.2) is 0 Å². The van der Waals surface area contributed by atoms with Crippen LogP contribution in [-0.4, -0.2) is 53.9 Å². The van der Waals surface area contributed by atoms with Gasteiger partial charge < -0.3 is 25.5 Å². The van der Waals surface area contributed by atoms with Crippen molar-refractivity contribution in [3.05, 3.63) is 24.0 Å². The number of aliphatic imine (C=N–C) groups is 2. The first-order valence-corrected chi connectivity index (χ1v) is 10.9. The van der Waals surface area contributed by atoms with Crippen LogP contribution in [0.1, 0.15) is 73.4 Å². The smallest absolute Gasteiger partial charge is 0.460 e. The quantitative estimate of drug-likeness (QED) is 0.283. The Balaban J connectivity index is 1.82. The van der Waals surface area contributed by atoms with Crippen LogP contribution in [0, 0.1) is 0 Å². The Morgan fingerprint density at radius 3 is 2.19 bits per heavy atom. The molecule has 1 aromatic heterocycles. The van der Waals surface area contributed by atoms with Crippen molar-refractivity contribution in [3.63, 3.8) is 0 Å². The van der Waals surface area contributed by atoms with Crippen molar-refractivity contribution < 1.29 is 14.0 Å². The molecule has 0 bridgehead atoms. The number of nitrogens with two attached hydrogens (primary N) is 2. The Morgan fingerprint density at radius 1 is 1.03 bits per heavy atom. The molecule has 9 heteroatoms. The summed E-state index contributed by atoms with van der Waals surface area (Å²) >= 11 is 0. The first-order valence-electron chi connectivity index (χ1n) is 10.9. The highest BCUT2D eigenvalue weighted by Gasteiger charge is 2.51. The molecular formula is C22H38BN5O3. The number of pyridine rings is 1. The van der Waals surface area contributed by atoms with Crippen molar-refractivity contribution in [2.75, 3.05) is 13.1 Å². The molecule has 0 aliphatic carbocycles. The number of aromatic nitrogens is 1. The Bertz CT molecular complexity index is 787. The molecule has 2 rings (SSSR count). The van der Waals surface area contributed by atoms with Crippen molar-refractivity contribution in [2.24, 2.45) is 21.5 Å². The first-order chi connectivity index (χ1) is 14.3. The minimum Gasteiger partial charge on any atom is -0.460 e. The van der Waals surface area contributed by atoms with Gasteiger partial charge in [0.1, 0.15) is 17.1 Å². The van der Waals surface area contributed by atoms with Crippen LogP contribution < -0.4 is 16.9 Å². The van der Waals surface area contributed by atoms with Crippen molar-refractivity contribution in [2.45, 2.75) is 84.5 Å². The van der Waals surface area contributed by atoms with Crippen LogP contribution in [0.15, 0.2) is 28.3 Å². The van der Waals surface area contributed by atoms with Gasteiger partial charge >= 0.3 is 7.12 Å². The monoisotopic (exact) mass is 431 g/mol. The van der Waals surface area contributed by atoms with E-state index >= 15 is 0 Å². The van der Waals surface area contributed by atoms with E-state index < -0.39 is 18.3 Å². The van der Waals surface area contributed by atoms with Crippen molar-refractivity contribution in [1.82, 2.24) is 4.98 Å². The van der Waals surface area contributed by atoms with Gasteiger partial charge in [-0.2, -0.15) is 0 Å². The highest BCUT2D eigenvalue weighted by atomic mass is 16.7. The fourth-order valence-electron chi connectivity index (χ4n) is 2.93. The highest BCUT2D eigenvalue weighted by Crippen LogP contribution is 2.36. The van der Waals surface area contributed by atoms with Gasteiger partial charge in [-0.1, -0.05) is 0 Å². The van der Waals surface area contributed by atoms with Crippen LogP contribution in [0.2, 0.25) is 0 Å². The van der Waals surface area contributed by atoms with Gasteiger partial charge in [-0.05, 0) is 85.3 Å². The first kappa shape index (κ1) is 25.1. The topological polar surface area (TPSA) is 117 Å². The van der Waals surface area contributed by atoms with Gasteiger partial charge in [-0.15, -0.1) is 0 Å². The van der Waals surface area contributed by atoms with Gasteiger partial charge in [0.05, 0.1) is 11.2 Å². The molecule has 1 aliphatic heterocycles. The van der Waals surface area contributed by atoms with E-state index in [1.807, 2.05) is 60.6 Å². The molecule has 31 heavy (non-hydrogen) atoms. The maximum absolute atomic E-state index is 6.16. The van der Waals surface area contributed by atoms with Gasteiger partial charge in [0.2, 0.25) is 0 Å². The van der Waals surface area contributed by atoms with Crippen molar-refractivity contribution in [1.29, 1.82) is 0 Å². The molecule has 0 aromatic carbocycles. The van der Waals surface area contributed by atoms with E-state index in [1.54, 1.807) is 6.20 Å². The van der Waals surface area contributed by atoms with E-state index in [2.05, 4.69) is 15.0 Å². The minimum atomic E-state index is -0.449. The molecule has 0 amide bonds. The summed E-state index contributed by atoms with van der Waals surface area (Å²) in [7, 11) is -0.449. The Morgan fingerprint density at radius 2 is 1.61 bits per heavy atom. The van der Waals surface area contributed by atoms with Crippen LogP contribution in [0.3, 0.4) is 0 Å². The number of rotatable bonds is 8. The summed E-state index contributed by atoms with van der Waals surface area (Å²) < 4.78 is 17.7. The molecule has 0 radical (unpaired) electrons. The third-order valence-corrected chi connectivity index (χ3v) is 5.35. The zero-order chi connectivity index (χ0) is 23.3. The van der Waals surface area contributed by atoms with Gasteiger partial charge in [0, 0.05) is 19.3 Å². The molecule has 4 N–H and O–H groups in total. The summed E-state index contributed by atoms with van der Waals surface area (Å²) in [5, 5.41) is 0. The summed E-state index contributed by atoms with van der Waals surface area (Å²) in [5.74, 6) is 0.416. The second-order valence-electron chi connectivity index (χ2n) is 9.82. The number of hydrogen-bond donors (Lipinski definition) is 2. The average molecular weight is 431 g/mol. The summed E-state index contributed by atoms with van der Waals surface area (Å²) in [6.07, 6.45) is 4.51. The van der Waals surface area contributed by atoms with Gasteiger partial charge in [0.25, 0.3) is 6.02 Å². The molecular weight excluding hydrogens is 393 g/mol. The maximum Gasteiger partial charge on any atom is 0.494 e. The number of ether oxygens (including phenoxy) is 1. The number of amidine groups is 2. The van der Waals surface area contributed by atoms with Gasteiger partial charge in [-0.3, -0.25) is 9.98 Å². The van der Waals surface area contributed by atoms with Gasteiger partial charge in [-0.25, -0.2) is 4.99 Å². The van der Waals surface area contributed by atoms with E-state index in [9.17, 15) is 0 Å². The lowest BCUT2D eigenvalue weighted by Gasteiger charge is -2.32. The summed E-state index contributed by atoms with van der Waals surface area (Å²) in [5.41, 5.74) is 12.3. The van der Waals surface area contributed by atoms with Crippen LogP contribution >= 0.6 is 0 Å². The third-order valence-electron chi connectivity index (χ3n) is 5.35. The number of nitrogens with zero attached hydrogens (tertiary/aromatic N) is 3. The Kier molecular flexibility index (Phi) is 8.11. The van der Waals surface area contributed by atoms with E-state index in [0.29, 0.717) is 24.6 Å². The zero-order valence-corrected chi connectivity index (χ0v) is 20.1. The zero-order valence-electron chi connectivity index (χ0n) is 20.1. The summed E-state index contributed by atoms with van der Waals surface area (Å²) in [6.45, 7) is 15.2. The SMILES string of the molecule is CC(C)(C)OC(N)=NCCCCCN=C(N)c1cc(B2OC(C)(C)C(C)(C)O2)ccn1. The van der Waals surface area contributed by atoms with E-state index in [4.69, 9.17) is 25.5 Å². The van der Waals surface area contributed by atoms with Crippen LogP contribution in [0.25, 0.3) is 0 Å². The molecule has 1 aliphatic rings. The van der Waals surface area contributed by atoms with Crippen molar-refractivity contribution >= 4 is 24.4 Å². The Labute approximate surface area is 187 Å². The average Bonchev–Trinajstić information content (AvgIpc) is 2.87. The van der Waals surface area contributed by atoms with Crippen LogP contribution in [0.4, 0.5) is 0 Å². The third kappa shape index (κ3) is 7.50. The van der Waals surface area contributed by atoms with E-state index in [1.165, 1.54) is 0 Å². The normalized spacial score (nSPS) is 19.0. The maximum atomic E-state index is 6.16. The predicted molar refractivity (Wildman–Crippen MR) is 127 cm³/mol. The molecule has 0 unspecified atom stereocenters. The predicted octanol–water partition coefficient (Wildman–Crippen LogP) is 2.39. The largest absolute Gasteiger partial charge is 0.494 e. The molecule has 1 fully saturated rings. The van der Waals surface area contributed by atoms with E-state index in [-0.39, 0.29) is 11.6 Å². The number of hydrogen-bond acceptors (Lipinski definition) is 6. The summed E-state index contributed by atoms with van der Waals surface area (Å²) in [4.78, 5) is 13.0. The van der Waals surface area contributed by atoms with Crippen LogP contribution in [0.5, 0.6) is 0 Å². The fourth-order valence-corrected chi connectivity index (χ4v) is 2.93. The summed E-state index contributed by atoms with van der Waals surface area (Å²) in [6, 6.07) is 4.00. The van der Waals surface area contributed by atoms with E-state index in [0.717, 1.165) is 24.7 Å². The Hall–Kier alpha value is -2.13. The molecule has 1 saturated heterocycles. The standard InChI is InChI=1S/C22H38BN5O3/c1-20(2,3)29-19(25)28-13-10-8-9-12-27-18(24)17-15-16(11-14-26-17)23-30-21(4,5)22(6,7)31-23/h11,14-15H,8-10,12-13H2,1-7H3,(H2,24,27)(H2,25,28). The molecule has 0 atom stereocenters. The lowest BCUT2D eigenvalue weighted by Crippen LogP contribution is -2.41. The minimum absolute atomic E-state index is 0.239. The van der Waals surface area contributed by atoms with Crippen molar-refractivity contribution in [3.8, 4) is 0 Å². The molecule has 0 saturated carbocycles. The molecule has 172 valence electrons. The molecule has 2 heterocycles.